The first-order valence-corrected chi connectivity index (χ1v) is 6.09. The van der Waals surface area contributed by atoms with Gasteiger partial charge in [0, 0.05) is 0 Å². The maximum atomic E-state index is 2.57. The topological polar surface area (TPSA) is 0 Å². The lowest BCUT2D eigenvalue weighted by atomic mass is 9.72. The normalized spacial score (nSPS) is 12.0. The molecular weight excluding hydrogens is 156 g/mol. The summed E-state index contributed by atoms with van der Waals surface area (Å²) in [6.45, 7) is 9.20. The molecule has 0 amide bonds. The highest BCUT2D eigenvalue weighted by Crippen LogP contribution is 2.38. The molecule has 0 aromatic rings. The summed E-state index contributed by atoms with van der Waals surface area (Å²) in [4.78, 5) is 0. The summed E-state index contributed by atoms with van der Waals surface area (Å²) in [5, 5.41) is 0. The molecule has 0 bridgehead atoms. The van der Waals surface area contributed by atoms with E-state index in [1.165, 1.54) is 44.9 Å². The zero-order valence-electron chi connectivity index (χ0n) is 10.0. The molecule has 0 aliphatic heterocycles. The molecule has 0 fully saturated rings. The molecule has 0 unspecified atom stereocenters. The lowest BCUT2D eigenvalue weighted by molar-refractivity contribution is 0.255. The highest BCUT2D eigenvalue weighted by molar-refractivity contribution is 4.90. The molecule has 0 spiro atoms. The van der Waals surface area contributed by atoms with Gasteiger partial charge in [-0.2, -0.15) is 0 Å². The number of hydrogen-bond acceptors (Lipinski definition) is 0. The Balaban J connectivity index is 4.19. The van der Waals surface area contributed by atoms with Crippen molar-refractivity contribution in [2.45, 2.75) is 72.6 Å². The van der Waals surface area contributed by atoms with Gasteiger partial charge in [-0.05, 0) is 31.1 Å². The van der Waals surface area contributed by atoms with Gasteiger partial charge in [-0.25, -0.2) is 0 Å². The van der Waals surface area contributed by atoms with Crippen LogP contribution in [0.15, 0.2) is 0 Å². The fourth-order valence-electron chi connectivity index (χ4n) is 2.61. The third-order valence-electron chi connectivity index (χ3n) is 2.88. The van der Waals surface area contributed by atoms with E-state index in [1.54, 1.807) is 0 Å². The SMILES string of the molecule is CC[CH]C(CCC)(CCC)CCC. The van der Waals surface area contributed by atoms with Crippen LogP contribution in [0.4, 0.5) is 0 Å². The van der Waals surface area contributed by atoms with Crippen molar-refractivity contribution in [1.82, 2.24) is 0 Å². The standard InChI is InChI=1S/C13H27/c1-5-9-13(10-6-2,11-7-3)12-8-4/h9H,5-8,10-12H2,1-4H3. The van der Waals surface area contributed by atoms with Crippen LogP contribution in [0.3, 0.4) is 0 Å². The third kappa shape index (κ3) is 4.69. The lowest BCUT2D eigenvalue weighted by Crippen LogP contribution is -2.20. The van der Waals surface area contributed by atoms with E-state index in [0.717, 1.165) is 0 Å². The number of hydrogen-bond donors (Lipinski definition) is 0. The Morgan fingerprint density at radius 1 is 0.769 bits per heavy atom. The Morgan fingerprint density at radius 2 is 1.15 bits per heavy atom. The Hall–Kier alpha value is 0. The molecule has 0 aromatic heterocycles. The largest absolute Gasteiger partial charge is 0.0654 e. The van der Waals surface area contributed by atoms with Crippen molar-refractivity contribution in [2.24, 2.45) is 5.41 Å². The van der Waals surface area contributed by atoms with Gasteiger partial charge >= 0.3 is 0 Å². The molecule has 0 rings (SSSR count). The Labute approximate surface area is 85.1 Å². The molecular formula is C13H27. The summed E-state index contributed by atoms with van der Waals surface area (Å²) in [6, 6.07) is 0. The van der Waals surface area contributed by atoms with E-state index in [2.05, 4.69) is 34.1 Å². The predicted molar refractivity (Wildman–Crippen MR) is 61.7 cm³/mol. The monoisotopic (exact) mass is 183 g/mol. The second kappa shape index (κ2) is 7.41. The molecule has 0 heterocycles. The van der Waals surface area contributed by atoms with Crippen LogP contribution < -0.4 is 0 Å². The molecule has 0 N–H and O–H groups in total. The van der Waals surface area contributed by atoms with Crippen molar-refractivity contribution in [1.29, 1.82) is 0 Å². The van der Waals surface area contributed by atoms with Crippen LogP contribution in [0.5, 0.6) is 0 Å². The highest BCUT2D eigenvalue weighted by atomic mass is 14.3. The molecule has 1 radical (unpaired) electrons. The van der Waals surface area contributed by atoms with Crippen molar-refractivity contribution in [3.8, 4) is 0 Å². The summed E-state index contributed by atoms with van der Waals surface area (Å²) in [7, 11) is 0. The minimum atomic E-state index is 0.576. The van der Waals surface area contributed by atoms with Gasteiger partial charge in [0.05, 0.1) is 0 Å². The van der Waals surface area contributed by atoms with E-state index < -0.39 is 0 Å². The van der Waals surface area contributed by atoms with E-state index in [4.69, 9.17) is 0 Å². The minimum absolute atomic E-state index is 0.576. The van der Waals surface area contributed by atoms with Crippen LogP contribution in [0.1, 0.15) is 72.6 Å². The average Bonchev–Trinajstić information content (AvgIpc) is 2.06. The van der Waals surface area contributed by atoms with E-state index in [0.29, 0.717) is 5.41 Å². The molecule has 13 heavy (non-hydrogen) atoms. The average molecular weight is 183 g/mol. The molecule has 0 heteroatoms. The second-order valence-corrected chi connectivity index (χ2v) is 4.22. The molecule has 0 nitrogen and oxygen atoms in total. The van der Waals surface area contributed by atoms with E-state index in [9.17, 15) is 0 Å². The fourth-order valence-corrected chi connectivity index (χ4v) is 2.61. The van der Waals surface area contributed by atoms with Crippen molar-refractivity contribution in [3.63, 3.8) is 0 Å². The molecule has 0 aliphatic carbocycles. The first-order valence-electron chi connectivity index (χ1n) is 6.09. The number of rotatable bonds is 8. The van der Waals surface area contributed by atoms with Crippen LogP contribution in [-0.2, 0) is 0 Å². The molecule has 0 aliphatic rings. The summed E-state index contributed by atoms with van der Waals surface area (Å²) in [5.41, 5.74) is 0.576. The molecule has 0 atom stereocenters. The quantitative estimate of drug-likeness (QED) is 0.497. The summed E-state index contributed by atoms with van der Waals surface area (Å²) in [6.07, 6.45) is 12.0. The van der Waals surface area contributed by atoms with Crippen LogP contribution in [0.2, 0.25) is 0 Å². The maximum absolute atomic E-state index is 2.57. The van der Waals surface area contributed by atoms with Crippen LogP contribution in [0, 0.1) is 11.8 Å². The van der Waals surface area contributed by atoms with Gasteiger partial charge in [-0.3, -0.25) is 0 Å². The van der Waals surface area contributed by atoms with E-state index in [1.807, 2.05) is 0 Å². The van der Waals surface area contributed by atoms with Crippen LogP contribution in [-0.4, -0.2) is 0 Å². The minimum Gasteiger partial charge on any atom is -0.0654 e. The predicted octanol–water partition coefficient (Wildman–Crippen LogP) is 4.99. The Morgan fingerprint density at radius 3 is 1.38 bits per heavy atom. The highest BCUT2D eigenvalue weighted by Gasteiger charge is 2.25. The summed E-state index contributed by atoms with van der Waals surface area (Å²) < 4.78 is 0. The van der Waals surface area contributed by atoms with Crippen LogP contribution >= 0.6 is 0 Å². The molecule has 0 saturated heterocycles. The van der Waals surface area contributed by atoms with Gasteiger partial charge in [-0.15, -0.1) is 0 Å². The van der Waals surface area contributed by atoms with Crippen molar-refractivity contribution < 1.29 is 0 Å². The molecule has 79 valence electrons. The van der Waals surface area contributed by atoms with Gasteiger partial charge in [-0.1, -0.05) is 53.4 Å². The Kier molecular flexibility index (Phi) is 7.41. The smallest absolute Gasteiger partial charge is 0.0267 e. The first kappa shape index (κ1) is 13.0. The van der Waals surface area contributed by atoms with Gasteiger partial charge in [0.1, 0.15) is 0 Å². The third-order valence-corrected chi connectivity index (χ3v) is 2.88. The molecule has 0 saturated carbocycles. The van der Waals surface area contributed by atoms with E-state index >= 15 is 0 Å². The zero-order chi connectivity index (χ0) is 10.2. The van der Waals surface area contributed by atoms with Crippen LogP contribution in [0.25, 0.3) is 0 Å². The van der Waals surface area contributed by atoms with E-state index in [-0.39, 0.29) is 0 Å². The zero-order valence-corrected chi connectivity index (χ0v) is 10.0. The van der Waals surface area contributed by atoms with Gasteiger partial charge in [0.15, 0.2) is 0 Å². The maximum Gasteiger partial charge on any atom is -0.0267 e. The second-order valence-electron chi connectivity index (χ2n) is 4.22. The van der Waals surface area contributed by atoms with Crippen molar-refractivity contribution in [3.05, 3.63) is 6.42 Å². The van der Waals surface area contributed by atoms with Gasteiger partial charge in [0.25, 0.3) is 0 Å². The van der Waals surface area contributed by atoms with Gasteiger partial charge in [0.2, 0.25) is 0 Å². The fraction of sp³-hybridized carbons (Fsp3) is 0.923. The Bertz CT molecular complexity index is 75.1. The molecule has 0 aromatic carbocycles. The van der Waals surface area contributed by atoms with Crippen molar-refractivity contribution in [2.75, 3.05) is 0 Å². The first-order chi connectivity index (χ1) is 6.24. The van der Waals surface area contributed by atoms with Gasteiger partial charge < -0.3 is 0 Å². The van der Waals surface area contributed by atoms with Crippen molar-refractivity contribution >= 4 is 0 Å². The lowest BCUT2D eigenvalue weighted by Gasteiger charge is -2.33. The summed E-state index contributed by atoms with van der Waals surface area (Å²) in [5.74, 6) is 0. The summed E-state index contributed by atoms with van der Waals surface area (Å²) >= 11 is 0.